The first kappa shape index (κ1) is 20.6. The Morgan fingerprint density at radius 2 is 1.81 bits per heavy atom. The molecule has 0 saturated carbocycles. The van der Waals surface area contributed by atoms with Crippen LogP contribution in [0.4, 0.5) is 11.5 Å². The summed E-state index contributed by atoms with van der Waals surface area (Å²) < 4.78 is 1.14. The first-order chi connectivity index (χ1) is 12.0. The maximum Gasteiger partial charge on any atom is 0.256 e. The number of piperazine rings is 1. The van der Waals surface area contributed by atoms with Crippen LogP contribution in [0.1, 0.15) is 23.0 Å². The van der Waals surface area contributed by atoms with Gasteiger partial charge in [0.1, 0.15) is 5.82 Å². The minimum absolute atomic E-state index is 0. The van der Waals surface area contributed by atoms with Gasteiger partial charge in [0.25, 0.3) is 5.91 Å². The van der Waals surface area contributed by atoms with Crippen molar-refractivity contribution in [2.45, 2.75) is 13.8 Å². The zero-order chi connectivity index (χ0) is 17.9. The molecular weight excluding hydrogens is 439 g/mol. The summed E-state index contributed by atoms with van der Waals surface area (Å²) in [5, 5.41) is 2.85. The van der Waals surface area contributed by atoms with Crippen molar-refractivity contribution in [2.75, 3.05) is 50.0 Å². The van der Waals surface area contributed by atoms with Crippen LogP contribution in [-0.2, 0) is 0 Å². The quantitative estimate of drug-likeness (QED) is 0.507. The number of carbonyl (C=O) groups excluding carboxylic acids is 1. The Balaban J connectivity index is 0.00000243. The van der Waals surface area contributed by atoms with Crippen molar-refractivity contribution in [3.05, 3.63) is 53.7 Å². The van der Waals surface area contributed by atoms with Crippen LogP contribution in [0.3, 0.4) is 0 Å². The maximum absolute atomic E-state index is 12.4. The molecule has 1 saturated heterocycles. The van der Waals surface area contributed by atoms with E-state index in [-0.39, 0.29) is 29.9 Å². The maximum atomic E-state index is 12.4. The number of amides is 1. The molecule has 3 rings (SSSR count). The summed E-state index contributed by atoms with van der Waals surface area (Å²) in [5.41, 5.74) is 2.72. The summed E-state index contributed by atoms with van der Waals surface area (Å²) in [5.74, 6) is 0.459. The molecule has 26 heavy (non-hydrogen) atoms. The van der Waals surface area contributed by atoms with E-state index in [4.69, 9.17) is 0 Å². The van der Waals surface area contributed by atoms with Crippen LogP contribution in [0.5, 0.6) is 0 Å². The third kappa shape index (κ3) is 4.94. The Morgan fingerprint density at radius 3 is 2.38 bits per heavy atom. The molecule has 1 aliphatic heterocycles. The zero-order valence-electron chi connectivity index (χ0n) is 15.7. The number of nitrogens with one attached hydrogen (secondary N) is 1. The molecule has 1 N–H and O–H groups in total. The Labute approximate surface area is 173 Å². The lowest BCUT2D eigenvalue weighted by molar-refractivity contribution is -0.908. The summed E-state index contributed by atoms with van der Waals surface area (Å²) in [4.78, 5) is 19.1. The number of pyridine rings is 1. The topological polar surface area (TPSA) is 45.2 Å². The summed E-state index contributed by atoms with van der Waals surface area (Å²) in [7, 11) is 2.32. The first-order valence-electron chi connectivity index (χ1n) is 8.93. The molecule has 1 aromatic heterocycles. The van der Waals surface area contributed by atoms with E-state index in [9.17, 15) is 4.79 Å². The predicted molar refractivity (Wildman–Crippen MR) is 102 cm³/mol. The van der Waals surface area contributed by atoms with Gasteiger partial charge in [0.2, 0.25) is 0 Å². The zero-order valence-corrected chi connectivity index (χ0v) is 17.9. The van der Waals surface area contributed by atoms with Crippen molar-refractivity contribution in [3.63, 3.8) is 0 Å². The van der Waals surface area contributed by atoms with Gasteiger partial charge in [0.15, 0.2) is 0 Å². The van der Waals surface area contributed by atoms with Gasteiger partial charge in [-0.25, -0.2) is 4.98 Å². The van der Waals surface area contributed by atoms with E-state index in [0.717, 1.165) is 36.4 Å². The molecular formula is C20H27IN4O. The fraction of sp³-hybridized carbons (Fsp3) is 0.400. The molecule has 0 unspecified atom stereocenters. The Bertz CT molecular complexity index is 740. The van der Waals surface area contributed by atoms with Gasteiger partial charge in [0, 0.05) is 16.9 Å². The van der Waals surface area contributed by atoms with Crippen molar-refractivity contribution in [1.82, 2.24) is 4.98 Å². The fourth-order valence-electron chi connectivity index (χ4n) is 3.15. The molecule has 0 spiro atoms. The molecule has 0 aliphatic carbocycles. The van der Waals surface area contributed by atoms with Gasteiger partial charge < -0.3 is 38.7 Å². The summed E-state index contributed by atoms with van der Waals surface area (Å²) >= 11 is 0. The number of carbonyl (C=O) groups is 1. The number of nitrogens with zero attached hydrogens (tertiary/aromatic N) is 3. The number of aromatic nitrogens is 1. The van der Waals surface area contributed by atoms with Crippen LogP contribution in [0.25, 0.3) is 0 Å². The smallest absolute Gasteiger partial charge is 0.256 e. The normalized spacial score (nSPS) is 15.9. The van der Waals surface area contributed by atoms with Crippen molar-refractivity contribution >= 4 is 17.4 Å². The average Bonchev–Trinajstić information content (AvgIpc) is 2.62. The van der Waals surface area contributed by atoms with Crippen LogP contribution in [0, 0.1) is 6.92 Å². The van der Waals surface area contributed by atoms with Gasteiger partial charge in [-0.05, 0) is 50.2 Å². The SMILES string of the molecule is CC[N+]1(C)CCN(c2ccc(C(=O)Nc3cccc(C)n3)cc2)CC1.[I-]. The number of aryl methyl sites for hydroxylation is 1. The minimum Gasteiger partial charge on any atom is -1.00 e. The highest BCUT2D eigenvalue weighted by Gasteiger charge is 2.26. The van der Waals surface area contributed by atoms with Crippen molar-refractivity contribution in [2.24, 2.45) is 0 Å². The first-order valence-corrected chi connectivity index (χ1v) is 8.93. The third-order valence-corrected chi connectivity index (χ3v) is 5.21. The lowest BCUT2D eigenvalue weighted by Gasteiger charge is -2.42. The Kier molecular flexibility index (Phi) is 7.00. The number of likely N-dealkylation sites (N-methyl/N-ethyl adjacent to an activating group) is 1. The van der Waals surface area contributed by atoms with Crippen LogP contribution in [-0.4, -0.2) is 55.1 Å². The second-order valence-electron chi connectivity index (χ2n) is 7.04. The number of anilines is 2. The van der Waals surface area contributed by atoms with E-state index < -0.39 is 0 Å². The van der Waals surface area contributed by atoms with Gasteiger partial charge in [-0.15, -0.1) is 0 Å². The van der Waals surface area contributed by atoms with Gasteiger partial charge in [-0.2, -0.15) is 0 Å². The van der Waals surface area contributed by atoms with Gasteiger partial charge >= 0.3 is 0 Å². The third-order valence-electron chi connectivity index (χ3n) is 5.21. The molecule has 1 amide bonds. The summed E-state index contributed by atoms with van der Waals surface area (Å²) in [6.07, 6.45) is 0. The van der Waals surface area contributed by atoms with E-state index in [1.807, 2.05) is 43.3 Å². The highest BCUT2D eigenvalue weighted by Crippen LogP contribution is 2.20. The summed E-state index contributed by atoms with van der Waals surface area (Å²) in [6, 6.07) is 13.5. The molecule has 2 aromatic rings. The van der Waals surface area contributed by atoms with E-state index in [1.165, 1.54) is 12.2 Å². The highest BCUT2D eigenvalue weighted by atomic mass is 127. The van der Waals surface area contributed by atoms with Crippen molar-refractivity contribution in [1.29, 1.82) is 0 Å². The van der Waals surface area contributed by atoms with E-state index in [0.29, 0.717) is 11.4 Å². The van der Waals surface area contributed by atoms with Gasteiger partial charge in [-0.1, -0.05) is 6.07 Å². The van der Waals surface area contributed by atoms with Crippen molar-refractivity contribution in [3.8, 4) is 0 Å². The molecule has 6 heteroatoms. The summed E-state index contributed by atoms with van der Waals surface area (Å²) in [6.45, 7) is 9.79. The lowest BCUT2D eigenvalue weighted by atomic mass is 10.1. The lowest BCUT2D eigenvalue weighted by Crippen LogP contribution is -3.00. The van der Waals surface area contributed by atoms with Crippen LogP contribution in [0.2, 0.25) is 0 Å². The Morgan fingerprint density at radius 1 is 1.15 bits per heavy atom. The second-order valence-corrected chi connectivity index (χ2v) is 7.04. The van der Waals surface area contributed by atoms with Gasteiger partial charge in [0.05, 0.1) is 39.8 Å². The van der Waals surface area contributed by atoms with Crippen LogP contribution < -0.4 is 34.2 Å². The molecule has 140 valence electrons. The number of hydrogen-bond donors (Lipinski definition) is 1. The number of rotatable bonds is 4. The van der Waals surface area contributed by atoms with E-state index in [1.54, 1.807) is 6.07 Å². The monoisotopic (exact) mass is 466 g/mol. The van der Waals surface area contributed by atoms with Gasteiger partial charge in [-0.3, -0.25) is 4.79 Å². The molecule has 0 radical (unpaired) electrons. The Hall–Kier alpha value is -1.67. The highest BCUT2D eigenvalue weighted by molar-refractivity contribution is 6.03. The second kappa shape index (κ2) is 8.81. The molecule has 0 bridgehead atoms. The molecule has 1 fully saturated rings. The minimum atomic E-state index is -0.126. The molecule has 5 nitrogen and oxygen atoms in total. The van der Waals surface area contributed by atoms with E-state index >= 15 is 0 Å². The molecule has 1 aliphatic rings. The number of halogens is 1. The number of quaternary nitrogens is 1. The largest absolute Gasteiger partial charge is 1.00 e. The average molecular weight is 466 g/mol. The fourth-order valence-corrected chi connectivity index (χ4v) is 3.15. The van der Waals surface area contributed by atoms with Crippen molar-refractivity contribution < 1.29 is 33.3 Å². The number of hydrogen-bond acceptors (Lipinski definition) is 3. The molecule has 2 heterocycles. The molecule has 0 atom stereocenters. The van der Waals surface area contributed by atoms with Crippen LogP contribution in [0.15, 0.2) is 42.5 Å². The van der Waals surface area contributed by atoms with E-state index in [2.05, 4.69) is 29.2 Å². The molecule has 1 aromatic carbocycles. The predicted octanol–water partition coefficient (Wildman–Crippen LogP) is -0.0672. The number of benzene rings is 1. The standard InChI is InChI=1S/C20H26N4O.HI/c1-4-24(3)14-12-23(13-15-24)18-10-8-17(9-11-18)20(25)22-19-7-5-6-16(2)21-19;/h5-11H,4,12-15H2,1-3H3;1H. The van der Waals surface area contributed by atoms with Crippen LogP contribution >= 0.6 is 0 Å².